The van der Waals surface area contributed by atoms with Gasteiger partial charge in [0.05, 0.1) is 53.8 Å². The predicted molar refractivity (Wildman–Crippen MR) is 166 cm³/mol. The fourth-order valence-corrected chi connectivity index (χ4v) is 5.77. The van der Waals surface area contributed by atoms with E-state index >= 15 is 0 Å². The highest BCUT2D eigenvalue weighted by molar-refractivity contribution is 7.22. The van der Waals surface area contributed by atoms with Crippen LogP contribution >= 0.6 is 11.3 Å². The number of halogens is 1. The molecule has 12 nitrogen and oxygen atoms in total. The van der Waals surface area contributed by atoms with E-state index in [1.807, 2.05) is 23.1 Å². The average Bonchev–Trinajstić information content (AvgIpc) is 3.43. The minimum Gasteiger partial charge on any atom is -0.480 e. The molecule has 0 unspecified atom stereocenters. The van der Waals surface area contributed by atoms with E-state index in [2.05, 4.69) is 9.97 Å². The van der Waals surface area contributed by atoms with Gasteiger partial charge in [-0.05, 0) is 29.8 Å². The number of anilines is 1. The second-order valence-corrected chi connectivity index (χ2v) is 11.4. The lowest BCUT2D eigenvalue weighted by Crippen LogP contribution is -2.62. The molecule has 0 aliphatic carbocycles. The number of thiophene rings is 1. The molecule has 14 heteroatoms. The Bertz CT molecular complexity index is 1610. The van der Waals surface area contributed by atoms with Crippen molar-refractivity contribution in [1.82, 2.24) is 19.8 Å². The summed E-state index contributed by atoms with van der Waals surface area (Å²) in [6.45, 7) is 2.63. The van der Waals surface area contributed by atoms with E-state index in [1.165, 1.54) is 23.5 Å². The molecule has 0 radical (unpaired) electrons. The second kappa shape index (κ2) is 15.2. The molecule has 238 valence electrons. The number of benzene rings is 1. The summed E-state index contributed by atoms with van der Waals surface area (Å²) in [6, 6.07) is 11.5. The maximum Gasteiger partial charge on any atom is 0.317 e. The number of nitrogen functional groups attached to an aromatic ring is 1. The highest BCUT2D eigenvalue weighted by Gasteiger charge is 2.35. The number of carboxylic acid groups (broad SMARTS) is 1. The third-order valence-corrected chi connectivity index (χ3v) is 8.27. The third-order valence-electron chi connectivity index (χ3n) is 7.11. The van der Waals surface area contributed by atoms with Crippen LogP contribution in [0.5, 0.6) is 11.5 Å². The minimum atomic E-state index is -0.948. The van der Waals surface area contributed by atoms with Crippen molar-refractivity contribution in [2.75, 3.05) is 65.5 Å². The lowest BCUT2D eigenvalue weighted by molar-refractivity contribution is -0.146. The number of aromatic nitrogens is 2. The number of hydrogen-bond donors (Lipinski definition) is 2. The van der Waals surface area contributed by atoms with E-state index in [-0.39, 0.29) is 30.9 Å². The number of pyridine rings is 2. The van der Waals surface area contributed by atoms with Crippen LogP contribution in [0.3, 0.4) is 0 Å². The lowest BCUT2D eigenvalue weighted by atomic mass is 10.1. The Kier molecular flexibility index (Phi) is 10.9. The summed E-state index contributed by atoms with van der Waals surface area (Å²) < 4.78 is 36.5. The summed E-state index contributed by atoms with van der Waals surface area (Å²) in [7, 11) is 1.59. The Morgan fingerprint density at radius 3 is 2.60 bits per heavy atom. The van der Waals surface area contributed by atoms with Crippen molar-refractivity contribution in [2.24, 2.45) is 0 Å². The summed E-state index contributed by atoms with van der Waals surface area (Å²) in [5.74, 6) is -1.12. The van der Waals surface area contributed by atoms with Gasteiger partial charge >= 0.3 is 5.97 Å². The molecule has 1 saturated heterocycles. The SMILES string of the molecule is COCCOCCOCC(=O)N1CC(N(CC(=O)O)Cc2ccc(-c3cc4nccc(Oc5ccc(N)cc5F)c4s3)nc2)C1. The molecular weight excluding hydrogens is 605 g/mol. The van der Waals surface area contributed by atoms with E-state index < -0.39 is 11.8 Å². The highest BCUT2D eigenvalue weighted by atomic mass is 32.1. The van der Waals surface area contributed by atoms with Crippen molar-refractivity contribution < 1.29 is 38.0 Å². The quantitative estimate of drug-likeness (QED) is 0.137. The largest absolute Gasteiger partial charge is 0.480 e. The van der Waals surface area contributed by atoms with Crippen molar-refractivity contribution >= 4 is 39.1 Å². The summed E-state index contributed by atoms with van der Waals surface area (Å²) >= 11 is 1.42. The molecule has 0 saturated carbocycles. The van der Waals surface area contributed by atoms with E-state index in [9.17, 15) is 19.1 Å². The lowest BCUT2D eigenvalue weighted by Gasteiger charge is -2.45. The number of ether oxygens (including phenoxy) is 4. The number of aliphatic carboxylic acids is 1. The van der Waals surface area contributed by atoms with Crippen LogP contribution in [0.15, 0.2) is 54.9 Å². The first-order valence-corrected chi connectivity index (χ1v) is 15.1. The molecule has 1 aliphatic rings. The Hall–Kier alpha value is -4.21. The smallest absolute Gasteiger partial charge is 0.317 e. The number of nitrogens with two attached hydrogens (primary N) is 1. The van der Waals surface area contributed by atoms with Crippen LogP contribution in [0.1, 0.15) is 5.56 Å². The van der Waals surface area contributed by atoms with Gasteiger partial charge < -0.3 is 34.7 Å². The zero-order valence-electron chi connectivity index (χ0n) is 24.7. The standard InChI is InChI=1S/C31H34FN5O7S/c1-41-8-9-42-10-11-43-19-29(38)37-16-22(17-37)36(18-30(39)40)15-20-2-4-24(35-14-20)28-13-25-31(45-28)27(6-7-34-25)44-26-5-3-21(33)12-23(26)32/h2-7,12-14,22H,8-11,15-19,33H2,1H3,(H,39,40). The zero-order valence-corrected chi connectivity index (χ0v) is 25.5. The maximum absolute atomic E-state index is 14.3. The molecule has 0 spiro atoms. The predicted octanol–water partition coefficient (Wildman–Crippen LogP) is 3.65. The van der Waals surface area contributed by atoms with E-state index in [1.54, 1.807) is 36.5 Å². The van der Waals surface area contributed by atoms with Crippen molar-refractivity contribution in [3.8, 4) is 22.1 Å². The molecule has 4 heterocycles. The number of likely N-dealkylation sites (tertiary alicyclic amines) is 1. The summed E-state index contributed by atoms with van der Waals surface area (Å²) in [4.78, 5) is 37.4. The number of carboxylic acids is 1. The molecule has 4 aromatic rings. The maximum atomic E-state index is 14.3. The number of rotatable bonds is 16. The summed E-state index contributed by atoms with van der Waals surface area (Å²) in [6.07, 6.45) is 3.31. The minimum absolute atomic E-state index is 0.0518. The zero-order chi connectivity index (χ0) is 31.8. The van der Waals surface area contributed by atoms with Crippen LogP contribution in [0.2, 0.25) is 0 Å². The van der Waals surface area contributed by atoms with Crippen LogP contribution in [0, 0.1) is 5.82 Å². The number of amides is 1. The van der Waals surface area contributed by atoms with Crippen molar-refractivity contribution in [2.45, 2.75) is 12.6 Å². The molecule has 45 heavy (non-hydrogen) atoms. The van der Waals surface area contributed by atoms with Gasteiger partial charge in [0.25, 0.3) is 0 Å². The number of methoxy groups -OCH3 is 1. The van der Waals surface area contributed by atoms with Crippen LogP contribution in [-0.2, 0) is 30.3 Å². The normalized spacial score (nSPS) is 13.4. The van der Waals surface area contributed by atoms with Crippen molar-refractivity contribution in [3.05, 3.63) is 66.2 Å². The number of nitrogens with zero attached hydrogens (tertiary/aromatic N) is 4. The van der Waals surface area contributed by atoms with E-state index in [4.69, 9.17) is 24.7 Å². The van der Waals surface area contributed by atoms with Gasteiger partial charge in [-0.15, -0.1) is 11.3 Å². The number of carbonyl (C=O) groups excluding carboxylic acids is 1. The number of carbonyl (C=O) groups is 2. The van der Waals surface area contributed by atoms with Crippen LogP contribution < -0.4 is 10.5 Å². The van der Waals surface area contributed by atoms with Gasteiger partial charge in [-0.2, -0.15) is 0 Å². The summed E-state index contributed by atoms with van der Waals surface area (Å²) in [5, 5.41) is 9.51. The second-order valence-electron chi connectivity index (χ2n) is 10.4. The molecular formula is C31H34FN5O7S. The van der Waals surface area contributed by atoms with Gasteiger partial charge in [-0.25, -0.2) is 4.39 Å². The van der Waals surface area contributed by atoms with Gasteiger partial charge in [-0.3, -0.25) is 24.5 Å². The first-order valence-electron chi connectivity index (χ1n) is 14.3. The molecule has 1 fully saturated rings. The van der Waals surface area contributed by atoms with Crippen LogP contribution in [0.25, 0.3) is 20.8 Å². The van der Waals surface area contributed by atoms with Crippen molar-refractivity contribution in [3.63, 3.8) is 0 Å². The molecule has 0 bridgehead atoms. The topological polar surface area (TPSA) is 150 Å². The molecule has 1 amide bonds. The van der Waals surface area contributed by atoms with Gasteiger partial charge in [0.1, 0.15) is 12.4 Å². The molecule has 1 aliphatic heterocycles. The Morgan fingerprint density at radius 2 is 1.87 bits per heavy atom. The molecule has 5 rings (SSSR count). The van der Waals surface area contributed by atoms with Gasteiger partial charge in [-0.1, -0.05) is 6.07 Å². The van der Waals surface area contributed by atoms with Gasteiger partial charge in [0.2, 0.25) is 5.91 Å². The molecule has 3 N–H and O–H groups in total. The highest BCUT2D eigenvalue weighted by Crippen LogP contribution is 2.39. The third kappa shape index (κ3) is 8.49. The fraction of sp³-hybridized carbons (Fsp3) is 0.355. The Balaban J connectivity index is 1.17. The van der Waals surface area contributed by atoms with E-state index in [0.717, 1.165) is 15.1 Å². The monoisotopic (exact) mass is 639 g/mol. The van der Waals surface area contributed by atoms with Crippen LogP contribution in [-0.4, -0.2) is 103 Å². The van der Waals surface area contributed by atoms with Gasteiger partial charge in [0.15, 0.2) is 11.6 Å². The fourth-order valence-electron chi connectivity index (χ4n) is 4.73. The molecule has 0 atom stereocenters. The number of fused-ring (bicyclic) bond motifs is 1. The summed E-state index contributed by atoms with van der Waals surface area (Å²) in [5.41, 5.74) is 8.19. The first-order chi connectivity index (χ1) is 21.8. The van der Waals surface area contributed by atoms with Crippen LogP contribution in [0.4, 0.5) is 10.1 Å². The number of hydrogen-bond acceptors (Lipinski definition) is 11. The Labute approximate surface area is 263 Å². The Morgan fingerprint density at radius 1 is 1.07 bits per heavy atom. The van der Waals surface area contributed by atoms with Crippen molar-refractivity contribution in [1.29, 1.82) is 0 Å². The van der Waals surface area contributed by atoms with Gasteiger partial charge in [0, 0.05) is 63.0 Å². The van der Waals surface area contributed by atoms with E-state index in [0.29, 0.717) is 68.7 Å². The molecule has 1 aromatic carbocycles. The average molecular weight is 640 g/mol. The molecule has 3 aromatic heterocycles. The first kappa shape index (κ1) is 32.2.